The predicted octanol–water partition coefficient (Wildman–Crippen LogP) is 2.99. The van der Waals surface area contributed by atoms with Crippen LogP contribution in [0.1, 0.15) is 12.5 Å². The molecule has 0 atom stereocenters. The van der Waals surface area contributed by atoms with Crippen LogP contribution in [0.25, 0.3) is 0 Å². The number of nitrogens with one attached hydrogen (secondary N) is 1. The molecule has 0 aliphatic rings. The fraction of sp³-hybridized carbons (Fsp3) is 0.278. The van der Waals surface area contributed by atoms with Crippen LogP contribution in [0.2, 0.25) is 5.02 Å². The highest BCUT2D eigenvalue weighted by Gasteiger charge is 2.17. The molecule has 0 aliphatic heterocycles. The van der Waals surface area contributed by atoms with E-state index in [0.29, 0.717) is 16.5 Å². The molecule has 1 amide bonds. The number of amides is 1. The summed E-state index contributed by atoms with van der Waals surface area (Å²) in [5, 5.41) is 0.372. The number of hydrogen-bond donors (Lipinski definition) is 1. The Kier molecular flexibility index (Phi) is 6.63. The standard InChI is InChI=1S/C18H21ClN2O4S/c1-13-4-7-16(8-5-13)26(23,24)20-10-11-21(14(2)22)15-6-9-18(25-3)17(19)12-15/h4-9,12,20H,10-11H2,1-3H3. The third-order valence-corrected chi connectivity index (χ3v) is 5.56. The van der Waals surface area contributed by atoms with Gasteiger partial charge in [0.1, 0.15) is 5.75 Å². The maximum Gasteiger partial charge on any atom is 0.240 e. The fourth-order valence-corrected chi connectivity index (χ4v) is 3.66. The average molecular weight is 397 g/mol. The predicted molar refractivity (Wildman–Crippen MR) is 102 cm³/mol. The number of anilines is 1. The Morgan fingerprint density at radius 3 is 2.38 bits per heavy atom. The number of nitrogens with zero attached hydrogens (tertiary/aromatic N) is 1. The van der Waals surface area contributed by atoms with Crippen molar-refractivity contribution in [3.05, 3.63) is 53.1 Å². The molecule has 0 bridgehead atoms. The summed E-state index contributed by atoms with van der Waals surface area (Å²) in [5.41, 5.74) is 1.54. The number of sulfonamides is 1. The normalized spacial score (nSPS) is 11.2. The first-order valence-electron chi connectivity index (χ1n) is 7.92. The van der Waals surface area contributed by atoms with E-state index in [2.05, 4.69) is 4.72 Å². The van der Waals surface area contributed by atoms with E-state index in [0.717, 1.165) is 5.56 Å². The van der Waals surface area contributed by atoms with Gasteiger partial charge in [0.2, 0.25) is 15.9 Å². The second kappa shape index (κ2) is 8.53. The minimum atomic E-state index is -3.63. The lowest BCUT2D eigenvalue weighted by atomic mass is 10.2. The Hall–Kier alpha value is -2.09. The minimum absolute atomic E-state index is 0.0689. The van der Waals surface area contributed by atoms with E-state index >= 15 is 0 Å². The molecule has 6 nitrogen and oxygen atoms in total. The van der Waals surface area contributed by atoms with E-state index in [1.165, 1.54) is 18.9 Å². The first kappa shape index (κ1) is 20.2. The van der Waals surface area contributed by atoms with Gasteiger partial charge in [-0.15, -0.1) is 0 Å². The number of methoxy groups -OCH3 is 1. The van der Waals surface area contributed by atoms with Gasteiger partial charge in [-0.05, 0) is 37.3 Å². The highest BCUT2D eigenvalue weighted by molar-refractivity contribution is 7.89. The van der Waals surface area contributed by atoms with Gasteiger partial charge in [-0.2, -0.15) is 0 Å². The van der Waals surface area contributed by atoms with Gasteiger partial charge < -0.3 is 9.64 Å². The van der Waals surface area contributed by atoms with Crippen molar-refractivity contribution in [1.29, 1.82) is 0 Å². The van der Waals surface area contributed by atoms with Gasteiger partial charge in [-0.3, -0.25) is 4.79 Å². The number of aryl methyl sites for hydroxylation is 1. The van der Waals surface area contributed by atoms with Crippen molar-refractivity contribution in [3.8, 4) is 5.75 Å². The van der Waals surface area contributed by atoms with Gasteiger partial charge >= 0.3 is 0 Å². The summed E-state index contributed by atoms with van der Waals surface area (Å²) in [5.74, 6) is 0.278. The topological polar surface area (TPSA) is 75.7 Å². The van der Waals surface area contributed by atoms with E-state index < -0.39 is 10.0 Å². The number of halogens is 1. The zero-order chi connectivity index (χ0) is 19.3. The molecule has 0 radical (unpaired) electrons. The molecule has 0 unspecified atom stereocenters. The van der Waals surface area contributed by atoms with Crippen molar-refractivity contribution in [2.75, 3.05) is 25.1 Å². The van der Waals surface area contributed by atoms with Crippen molar-refractivity contribution >= 4 is 33.2 Å². The van der Waals surface area contributed by atoms with Gasteiger partial charge in [-0.1, -0.05) is 29.3 Å². The fourth-order valence-electron chi connectivity index (χ4n) is 2.38. The van der Waals surface area contributed by atoms with Crippen LogP contribution in [-0.4, -0.2) is 34.5 Å². The van der Waals surface area contributed by atoms with E-state index in [-0.39, 0.29) is 23.9 Å². The number of ether oxygens (including phenoxy) is 1. The van der Waals surface area contributed by atoms with Crippen LogP contribution in [0, 0.1) is 6.92 Å². The number of carbonyl (C=O) groups excluding carboxylic acids is 1. The van der Waals surface area contributed by atoms with Crippen molar-refractivity contribution in [2.45, 2.75) is 18.7 Å². The van der Waals surface area contributed by atoms with Crippen LogP contribution in [0.3, 0.4) is 0 Å². The molecule has 0 spiro atoms. The minimum Gasteiger partial charge on any atom is -0.495 e. The molecule has 0 saturated carbocycles. The third-order valence-electron chi connectivity index (χ3n) is 3.79. The summed E-state index contributed by atoms with van der Waals surface area (Å²) in [6.07, 6.45) is 0. The van der Waals surface area contributed by atoms with Crippen LogP contribution in [-0.2, 0) is 14.8 Å². The molecule has 2 rings (SSSR count). The number of carbonyl (C=O) groups is 1. The van der Waals surface area contributed by atoms with Gasteiger partial charge in [0.25, 0.3) is 0 Å². The monoisotopic (exact) mass is 396 g/mol. The van der Waals surface area contributed by atoms with Gasteiger partial charge in [0.05, 0.1) is 17.0 Å². The van der Waals surface area contributed by atoms with Crippen LogP contribution in [0.4, 0.5) is 5.69 Å². The Morgan fingerprint density at radius 2 is 1.85 bits per heavy atom. The Balaban J connectivity index is 2.08. The summed E-state index contributed by atoms with van der Waals surface area (Å²) >= 11 is 6.10. The Labute approximate surface area is 158 Å². The lowest BCUT2D eigenvalue weighted by Gasteiger charge is -2.22. The van der Waals surface area contributed by atoms with E-state index in [4.69, 9.17) is 16.3 Å². The molecule has 2 aromatic carbocycles. The van der Waals surface area contributed by atoms with E-state index in [9.17, 15) is 13.2 Å². The molecule has 140 valence electrons. The van der Waals surface area contributed by atoms with Crippen molar-refractivity contribution < 1.29 is 17.9 Å². The molecule has 1 N–H and O–H groups in total. The molecule has 2 aromatic rings. The number of rotatable bonds is 7. The highest BCUT2D eigenvalue weighted by atomic mass is 35.5. The third kappa shape index (κ3) is 4.97. The Morgan fingerprint density at radius 1 is 1.19 bits per heavy atom. The quantitative estimate of drug-likeness (QED) is 0.780. The lowest BCUT2D eigenvalue weighted by molar-refractivity contribution is -0.116. The first-order valence-corrected chi connectivity index (χ1v) is 9.78. The Bertz CT molecular complexity index is 883. The van der Waals surface area contributed by atoms with Crippen molar-refractivity contribution in [2.24, 2.45) is 0 Å². The largest absolute Gasteiger partial charge is 0.495 e. The smallest absolute Gasteiger partial charge is 0.240 e. The molecule has 26 heavy (non-hydrogen) atoms. The average Bonchev–Trinajstić information content (AvgIpc) is 2.58. The first-order chi connectivity index (χ1) is 12.2. The van der Waals surface area contributed by atoms with Gasteiger partial charge in [0, 0.05) is 25.7 Å². The van der Waals surface area contributed by atoms with Crippen molar-refractivity contribution in [3.63, 3.8) is 0 Å². The molecule has 0 aliphatic carbocycles. The second-order valence-electron chi connectivity index (χ2n) is 5.70. The summed E-state index contributed by atoms with van der Waals surface area (Å²) in [4.78, 5) is 13.6. The highest BCUT2D eigenvalue weighted by Crippen LogP contribution is 2.29. The van der Waals surface area contributed by atoms with E-state index in [1.54, 1.807) is 42.5 Å². The molecule has 0 heterocycles. The van der Waals surface area contributed by atoms with Crippen molar-refractivity contribution in [1.82, 2.24) is 4.72 Å². The zero-order valence-corrected chi connectivity index (χ0v) is 16.4. The van der Waals surface area contributed by atoms with Gasteiger partial charge in [0.15, 0.2) is 0 Å². The molecule has 0 aromatic heterocycles. The van der Waals surface area contributed by atoms with Crippen LogP contribution < -0.4 is 14.4 Å². The maximum atomic E-state index is 12.3. The zero-order valence-electron chi connectivity index (χ0n) is 14.8. The second-order valence-corrected chi connectivity index (χ2v) is 7.87. The number of benzene rings is 2. The lowest BCUT2D eigenvalue weighted by Crippen LogP contribution is -2.37. The molecule has 0 saturated heterocycles. The summed E-state index contributed by atoms with van der Waals surface area (Å²) < 4.78 is 32.2. The molecule has 0 fully saturated rings. The number of hydrogen-bond acceptors (Lipinski definition) is 4. The summed E-state index contributed by atoms with van der Waals surface area (Å²) in [7, 11) is -2.13. The van der Waals surface area contributed by atoms with Gasteiger partial charge in [-0.25, -0.2) is 13.1 Å². The van der Waals surface area contributed by atoms with Crippen LogP contribution >= 0.6 is 11.6 Å². The summed E-state index contributed by atoms with van der Waals surface area (Å²) in [6, 6.07) is 11.5. The molecule has 8 heteroatoms. The van der Waals surface area contributed by atoms with E-state index in [1.807, 2.05) is 6.92 Å². The SMILES string of the molecule is COc1ccc(N(CCNS(=O)(=O)c2ccc(C)cc2)C(C)=O)cc1Cl. The maximum absolute atomic E-state index is 12.3. The van der Waals surface area contributed by atoms with Crippen LogP contribution in [0.15, 0.2) is 47.4 Å². The molecular formula is C18H21ClN2O4S. The summed E-state index contributed by atoms with van der Waals surface area (Å²) in [6.45, 7) is 3.53. The van der Waals surface area contributed by atoms with Crippen LogP contribution in [0.5, 0.6) is 5.75 Å². The molecular weight excluding hydrogens is 376 g/mol.